The highest BCUT2D eigenvalue weighted by molar-refractivity contribution is 6.06. The molecule has 0 saturated carbocycles. The number of benzene rings is 2. The maximum absolute atomic E-state index is 12.3. The number of ether oxygens (including phenoxy) is 1. The summed E-state index contributed by atoms with van der Waals surface area (Å²) in [5.74, 6) is -0.618. The van der Waals surface area contributed by atoms with Crippen molar-refractivity contribution in [2.75, 3.05) is 5.32 Å². The number of anilines is 1. The van der Waals surface area contributed by atoms with Gasteiger partial charge in [0, 0.05) is 11.9 Å². The maximum Gasteiger partial charge on any atom is 0.326 e. The zero-order chi connectivity index (χ0) is 20.5. The zero-order valence-corrected chi connectivity index (χ0v) is 15.5. The highest BCUT2D eigenvalue weighted by Crippen LogP contribution is 2.22. The lowest BCUT2D eigenvalue weighted by atomic mass is 10.1. The van der Waals surface area contributed by atoms with Gasteiger partial charge in [-0.15, -0.1) is 0 Å². The third-order valence-electron chi connectivity index (χ3n) is 3.80. The number of para-hydroxylation sites is 1. The first-order valence-corrected chi connectivity index (χ1v) is 8.64. The number of carboxylic acid groups (broad SMARTS) is 1. The average molecular weight is 379 g/mol. The van der Waals surface area contributed by atoms with Crippen LogP contribution >= 0.6 is 0 Å². The molecule has 0 spiro atoms. The maximum atomic E-state index is 12.3. The zero-order valence-electron chi connectivity index (χ0n) is 15.5. The first-order chi connectivity index (χ1) is 13.4. The molecule has 0 aliphatic rings. The highest BCUT2D eigenvalue weighted by atomic mass is 16.5. The molecule has 1 amide bonds. The number of amides is 1. The van der Waals surface area contributed by atoms with Crippen molar-refractivity contribution in [1.82, 2.24) is 5.32 Å². The number of nitrogens with one attached hydrogen (secondary N) is 2. The van der Waals surface area contributed by atoms with Gasteiger partial charge in [-0.05, 0) is 42.3 Å². The number of carbonyl (C=O) groups is 2. The van der Waals surface area contributed by atoms with E-state index in [0.29, 0.717) is 17.2 Å². The normalized spacial score (nSPS) is 12.0. The Morgan fingerprint density at radius 2 is 1.68 bits per heavy atom. The topological polar surface area (TPSA) is 111 Å². The first-order valence-electron chi connectivity index (χ1n) is 8.64. The van der Waals surface area contributed by atoms with Crippen LogP contribution in [0.15, 0.2) is 66.4 Å². The molecule has 7 nitrogen and oxygen atoms in total. The van der Waals surface area contributed by atoms with Gasteiger partial charge in [-0.3, -0.25) is 4.79 Å². The molecule has 144 valence electrons. The Labute approximate surface area is 163 Å². The monoisotopic (exact) mass is 379 g/mol. The van der Waals surface area contributed by atoms with E-state index in [0.717, 1.165) is 6.20 Å². The fraction of sp³-hybridized carbons (Fsp3) is 0.190. The minimum absolute atomic E-state index is 0.214. The second kappa shape index (κ2) is 9.78. The van der Waals surface area contributed by atoms with Gasteiger partial charge in [0.2, 0.25) is 0 Å². The largest absolute Gasteiger partial charge is 0.480 e. The fourth-order valence-corrected chi connectivity index (χ4v) is 2.30. The van der Waals surface area contributed by atoms with Crippen LogP contribution in [-0.2, 0) is 9.59 Å². The number of carbonyl (C=O) groups excluding carboxylic acids is 1. The quantitative estimate of drug-likeness (QED) is 0.478. The molecule has 28 heavy (non-hydrogen) atoms. The Bertz CT molecular complexity index is 884. The minimum Gasteiger partial charge on any atom is -0.480 e. The molecule has 1 unspecified atom stereocenters. The molecule has 0 heterocycles. The van der Waals surface area contributed by atoms with Gasteiger partial charge < -0.3 is 20.5 Å². The van der Waals surface area contributed by atoms with Crippen LogP contribution in [-0.4, -0.2) is 23.0 Å². The van der Waals surface area contributed by atoms with Gasteiger partial charge in [0.1, 0.15) is 29.2 Å². The van der Waals surface area contributed by atoms with Crippen molar-refractivity contribution < 1.29 is 19.4 Å². The molecule has 0 fully saturated rings. The molecule has 3 N–H and O–H groups in total. The van der Waals surface area contributed by atoms with Crippen molar-refractivity contribution in [3.63, 3.8) is 0 Å². The van der Waals surface area contributed by atoms with Gasteiger partial charge in [0.25, 0.3) is 5.91 Å². The van der Waals surface area contributed by atoms with E-state index < -0.39 is 17.9 Å². The molecule has 1 atom stereocenters. The summed E-state index contributed by atoms with van der Waals surface area (Å²) >= 11 is 0. The van der Waals surface area contributed by atoms with E-state index in [9.17, 15) is 14.9 Å². The molecule has 0 radical (unpaired) electrons. The van der Waals surface area contributed by atoms with E-state index in [1.54, 1.807) is 44.2 Å². The average Bonchev–Trinajstić information content (AvgIpc) is 2.67. The predicted octanol–water partition coefficient (Wildman–Crippen LogP) is 3.52. The Morgan fingerprint density at radius 3 is 2.21 bits per heavy atom. The van der Waals surface area contributed by atoms with Gasteiger partial charge in [0.05, 0.1) is 0 Å². The van der Waals surface area contributed by atoms with Crippen LogP contribution in [0, 0.1) is 17.2 Å². The van der Waals surface area contributed by atoms with E-state index in [2.05, 4.69) is 10.6 Å². The van der Waals surface area contributed by atoms with Crippen LogP contribution in [0.5, 0.6) is 11.5 Å². The molecular weight excluding hydrogens is 358 g/mol. The molecule has 2 rings (SSSR count). The Kier molecular flexibility index (Phi) is 7.17. The van der Waals surface area contributed by atoms with Crippen molar-refractivity contribution >= 4 is 17.6 Å². The molecule has 0 aromatic heterocycles. The summed E-state index contributed by atoms with van der Waals surface area (Å²) < 4.78 is 5.67. The predicted molar refractivity (Wildman–Crippen MR) is 105 cm³/mol. The lowest BCUT2D eigenvalue weighted by Gasteiger charge is -2.16. The molecule has 0 aliphatic carbocycles. The summed E-state index contributed by atoms with van der Waals surface area (Å²) in [6, 6.07) is 16.8. The van der Waals surface area contributed by atoms with Gasteiger partial charge in [-0.25, -0.2) is 4.79 Å². The molecular formula is C21H21N3O4. The summed E-state index contributed by atoms with van der Waals surface area (Å²) in [7, 11) is 0. The van der Waals surface area contributed by atoms with Crippen molar-refractivity contribution in [1.29, 1.82) is 5.26 Å². The number of hydrogen-bond acceptors (Lipinski definition) is 5. The van der Waals surface area contributed by atoms with E-state index in [1.807, 2.05) is 30.3 Å². The molecule has 0 saturated heterocycles. The SMILES string of the molecule is CC(C)C(N/C=C(/C#N)C(=O)Nc1ccc(Oc2ccccc2)cc1)C(=O)O. The lowest BCUT2D eigenvalue weighted by molar-refractivity contribution is -0.140. The summed E-state index contributed by atoms with van der Waals surface area (Å²) in [6.45, 7) is 3.45. The number of nitrogens with zero attached hydrogens (tertiary/aromatic N) is 1. The summed E-state index contributed by atoms with van der Waals surface area (Å²) in [5, 5.41) is 23.5. The lowest BCUT2D eigenvalue weighted by Crippen LogP contribution is -2.38. The van der Waals surface area contributed by atoms with Gasteiger partial charge in [0.15, 0.2) is 0 Å². The Morgan fingerprint density at radius 1 is 1.07 bits per heavy atom. The smallest absolute Gasteiger partial charge is 0.326 e. The van der Waals surface area contributed by atoms with E-state index in [-0.39, 0.29) is 11.5 Å². The molecule has 7 heteroatoms. The van der Waals surface area contributed by atoms with Gasteiger partial charge in [-0.1, -0.05) is 32.0 Å². The van der Waals surface area contributed by atoms with Crippen LogP contribution in [0.1, 0.15) is 13.8 Å². The summed E-state index contributed by atoms with van der Waals surface area (Å²) in [4.78, 5) is 23.4. The van der Waals surface area contributed by atoms with E-state index in [4.69, 9.17) is 9.84 Å². The van der Waals surface area contributed by atoms with Crippen LogP contribution < -0.4 is 15.4 Å². The van der Waals surface area contributed by atoms with E-state index >= 15 is 0 Å². The van der Waals surface area contributed by atoms with Gasteiger partial charge >= 0.3 is 5.97 Å². The number of carboxylic acids is 1. The summed E-state index contributed by atoms with van der Waals surface area (Å²) in [6.07, 6.45) is 1.13. The molecule has 2 aromatic carbocycles. The summed E-state index contributed by atoms with van der Waals surface area (Å²) in [5.41, 5.74) is 0.252. The van der Waals surface area contributed by atoms with Gasteiger partial charge in [-0.2, -0.15) is 5.26 Å². The number of rotatable bonds is 8. The second-order valence-electron chi connectivity index (χ2n) is 6.29. The minimum atomic E-state index is -1.06. The van der Waals surface area contributed by atoms with Crippen LogP contribution in [0.4, 0.5) is 5.69 Å². The molecule has 0 aliphatic heterocycles. The van der Waals surface area contributed by atoms with Crippen molar-refractivity contribution in [2.45, 2.75) is 19.9 Å². The third-order valence-corrected chi connectivity index (χ3v) is 3.80. The second-order valence-corrected chi connectivity index (χ2v) is 6.29. The first kappa shape index (κ1) is 20.5. The number of hydrogen-bond donors (Lipinski definition) is 3. The van der Waals surface area contributed by atoms with Crippen LogP contribution in [0.2, 0.25) is 0 Å². The molecule has 0 bridgehead atoms. The van der Waals surface area contributed by atoms with Crippen LogP contribution in [0.3, 0.4) is 0 Å². The van der Waals surface area contributed by atoms with E-state index in [1.165, 1.54) is 0 Å². The van der Waals surface area contributed by atoms with Crippen molar-refractivity contribution in [2.24, 2.45) is 5.92 Å². The fourth-order valence-electron chi connectivity index (χ4n) is 2.30. The van der Waals surface area contributed by atoms with Crippen LogP contribution in [0.25, 0.3) is 0 Å². The molecule has 2 aromatic rings. The van der Waals surface area contributed by atoms with Crippen molar-refractivity contribution in [3.8, 4) is 17.6 Å². The standard InChI is InChI=1S/C21H21N3O4/c1-14(2)19(21(26)27)23-13-15(12-22)20(25)24-16-8-10-18(11-9-16)28-17-6-4-3-5-7-17/h3-11,13-14,19,23H,1-2H3,(H,24,25)(H,26,27)/b15-13-. The number of nitriles is 1. The Balaban J connectivity index is 2.01. The van der Waals surface area contributed by atoms with Crippen molar-refractivity contribution in [3.05, 3.63) is 66.4 Å². The Hall–Kier alpha value is -3.79. The number of aliphatic carboxylic acids is 1. The third kappa shape index (κ3) is 5.88. The highest BCUT2D eigenvalue weighted by Gasteiger charge is 2.20.